The zero-order valence-electron chi connectivity index (χ0n) is 17.2. The van der Waals surface area contributed by atoms with Crippen molar-refractivity contribution >= 4 is 11.5 Å². The van der Waals surface area contributed by atoms with Crippen molar-refractivity contribution in [3.63, 3.8) is 0 Å². The second-order valence-electron chi connectivity index (χ2n) is 8.93. The number of aromatic nitrogens is 2. The molecule has 1 aliphatic rings. The first-order chi connectivity index (χ1) is 12.5. The van der Waals surface area contributed by atoms with Gasteiger partial charge in [0, 0.05) is 17.1 Å². The van der Waals surface area contributed by atoms with E-state index in [1.165, 1.54) is 11.9 Å². The number of ether oxygens (including phenoxy) is 1. The monoisotopic (exact) mass is 369 g/mol. The Labute approximate surface area is 161 Å². The molecule has 6 nitrogen and oxygen atoms in total. The second kappa shape index (κ2) is 7.00. The predicted octanol–water partition coefficient (Wildman–Crippen LogP) is 4.19. The summed E-state index contributed by atoms with van der Waals surface area (Å²) >= 11 is 0. The minimum atomic E-state index is 0.0416. The van der Waals surface area contributed by atoms with Crippen molar-refractivity contribution in [3.05, 3.63) is 35.7 Å². The molecule has 0 unspecified atom stereocenters. The highest BCUT2D eigenvalue weighted by Crippen LogP contribution is 2.34. The number of nitrogen functional groups attached to an aromatic ring is 1. The van der Waals surface area contributed by atoms with Crippen LogP contribution in [0.25, 0.3) is 0 Å². The Bertz CT molecular complexity index is 815. The van der Waals surface area contributed by atoms with Gasteiger partial charge in [-0.25, -0.2) is 4.98 Å². The van der Waals surface area contributed by atoms with Crippen molar-refractivity contribution in [2.75, 3.05) is 11.1 Å². The Balaban J connectivity index is 1.79. The summed E-state index contributed by atoms with van der Waals surface area (Å²) in [5, 5.41) is 7.20. The number of nitrogens with zero attached hydrogens (tertiary/aromatic N) is 2. The fraction of sp³-hybridized carbons (Fsp3) is 0.524. The fourth-order valence-corrected chi connectivity index (χ4v) is 4.08. The SMILES string of the molecule is Cc1ccc(Oc2ncnc(NC3CC(C)(C)NC(C)(C)C3)c2N)cc1C. The third-order valence-corrected chi connectivity index (χ3v) is 5.07. The molecule has 0 spiro atoms. The summed E-state index contributed by atoms with van der Waals surface area (Å²) in [5.41, 5.74) is 9.23. The normalized spacial score (nSPS) is 18.9. The topological polar surface area (TPSA) is 85.1 Å². The van der Waals surface area contributed by atoms with E-state index in [0.29, 0.717) is 17.4 Å². The van der Waals surface area contributed by atoms with E-state index in [4.69, 9.17) is 10.5 Å². The van der Waals surface area contributed by atoms with Gasteiger partial charge < -0.3 is 21.1 Å². The highest BCUT2D eigenvalue weighted by Gasteiger charge is 2.38. The summed E-state index contributed by atoms with van der Waals surface area (Å²) in [4.78, 5) is 8.58. The molecule has 1 fully saturated rings. The lowest BCUT2D eigenvalue weighted by molar-refractivity contribution is 0.170. The van der Waals surface area contributed by atoms with Gasteiger partial charge in [0.15, 0.2) is 5.82 Å². The molecule has 146 valence electrons. The van der Waals surface area contributed by atoms with Crippen molar-refractivity contribution in [3.8, 4) is 11.6 Å². The van der Waals surface area contributed by atoms with Crippen LogP contribution >= 0.6 is 0 Å². The first-order valence-corrected chi connectivity index (χ1v) is 9.46. The summed E-state index contributed by atoms with van der Waals surface area (Å²) in [6, 6.07) is 6.21. The van der Waals surface area contributed by atoms with E-state index in [1.54, 1.807) is 0 Å². The van der Waals surface area contributed by atoms with Gasteiger partial charge in [0.1, 0.15) is 17.8 Å². The predicted molar refractivity (Wildman–Crippen MR) is 110 cm³/mol. The summed E-state index contributed by atoms with van der Waals surface area (Å²) in [7, 11) is 0. The highest BCUT2D eigenvalue weighted by molar-refractivity contribution is 5.67. The Morgan fingerprint density at radius 2 is 1.74 bits per heavy atom. The Kier molecular flexibility index (Phi) is 5.04. The van der Waals surface area contributed by atoms with Gasteiger partial charge in [-0.15, -0.1) is 0 Å². The van der Waals surface area contributed by atoms with Crippen molar-refractivity contribution in [2.45, 2.75) is 71.5 Å². The lowest BCUT2D eigenvalue weighted by atomic mass is 9.79. The molecule has 0 bridgehead atoms. The molecular formula is C21H31N5O. The molecule has 1 aliphatic heterocycles. The maximum Gasteiger partial charge on any atom is 0.248 e. The van der Waals surface area contributed by atoms with Crippen LogP contribution in [0.2, 0.25) is 0 Å². The third-order valence-electron chi connectivity index (χ3n) is 5.07. The minimum Gasteiger partial charge on any atom is -0.437 e. The third kappa shape index (κ3) is 4.69. The molecule has 1 aromatic heterocycles. The molecule has 3 rings (SSSR count). The van der Waals surface area contributed by atoms with Gasteiger partial charge in [0.05, 0.1) is 0 Å². The summed E-state index contributed by atoms with van der Waals surface area (Å²) in [5.74, 6) is 1.73. The van der Waals surface area contributed by atoms with E-state index in [9.17, 15) is 0 Å². The number of nitrogens with one attached hydrogen (secondary N) is 2. The zero-order chi connectivity index (χ0) is 19.8. The molecule has 2 heterocycles. The molecule has 1 saturated heterocycles. The van der Waals surface area contributed by atoms with E-state index in [2.05, 4.69) is 62.1 Å². The summed E-state index contributed by atoms with van der Waals surface area (Å²) < 4.78 is 5.93. The summed E-state index contributed by atoms with van der Waals surface area (Å²) in [6.07, 6.45) is 3.45. The molecule has 0 atom stereocenters. The highest BCUT2D eigenvalue weighted by atomic mass is 16.5. The number of aryl methyl sites for hydroxylation is 2. The van der Waals surface area contributed by atoms with Crippen LogP contribution in [-0.2, 0) is 0 Å². The Morgan fingerprint density at radius 1 is 1.07 bits per heavy atom. The van der Waals surface area contributed by atoms with Crippen LogP contribution in [-0.4, -0.2) is 27.1 Å². The number of rotatable bonds is 4. The number of hydrogen-bond donors (Lipinski definition) is 3. The zero-order valence-corrected chi connectivity index (χ0v) is 17.2. The molecule has 0 aliphatic carbocycles. The Hall–Kier alpha value is -2.34. The number of anilines is 2. The van der Waals surface area contributed by atoms with Gasteiger partial charge in [0.25, 0.3) is 0 Å². The van der Waals surface area contributed by atoms with Gasteiger partial charge >= 0.3 is 0 Å². The Morgan fingerprint density at radius 3 is 2.37 bits per heavy atom. The number of hydrogen-bond acceptors (Lipinski definition) is 6. The van der Waals surface area contributed by atoms with Crippen LogP contribution in [0.1, 0.15) is 51.7 Å². The van der Waals surface area contributed by atoms with Crippen molar-refractivity contribution in [1.29, 1.82) is 0 Å². The number of piperidine rings is 1. The number of nitrogens with two attached hydrogens (primary N) is 1. The van der Waals surface area contributed by atoms with Crippen molar-refractivity contribution < 1.29 is 4.74 Å². The molecule has 6 heteroatoms. The smallest absolute Gasteiger partial charge is 0.248 e. The van der Waals surface area contributed by atoms with Crippen LogP contribution in [0.3, 0.4) is 0 Å². The quantitative estimate of drug-likeness (QED) is 0.749. The second-order valence-corrected chi connectivity index (χ2v) is 8.93. The molecule has 4 N–H and O–H groups in total. The van der Waals surface area contributed by atoms with E-state index in [0.717, 1.165) is 24.2 Å². The average molecular weight is 370 g/mol. The summed E-state index contributed by atoms with van der Waals surface area (Å²) in [6.45, 7) is 13.0. The van der Waals surface area contributed by atoms with E-state index < -0.39 is 0 Å². The molecule has 27 heavy (non-hydrogen) atoms. The first-order valence-electron chi connectivity index (χ1n) is 9.46. The van der Waals surface area contributed by atoms with Crippen LogP contribution in [0.4, 0.5) is 11.5 Å². The standard InChI is InChI=1S/C21H31N5O/c1-13-7-8-16(9-14(13)2)27-19-17(22)18(23-12-24-19)25-15-10-20(3,4)26-21(5,6)11-15/h7-9,12,15,26H,10-11,22H2,1-6H3,(H,23,24,25). The molecule has 1 aromatic carbocycles. The lowest BCUT2D eigenvalue weighted by Gasteiger charge is -2.46. The maximum atomic E-state index is 6.32. The van der Waals surface area contributed by atoms with E-state index in [1.807, 2.05) is 18.2 Å². The molecule has 0 saturated carbocycles. The van der Waals surface area contributed by atoms with Crippen LogP contribution in [0.5, 0.6) is 11.6 Å². The van der Waals surface area contributed by atoms with Crippen LogP contribution in [0.15, 0.2) is 24.5 Å². The van der Waals surface area contributed by atoms with Crippen LogP contribution in [0, 0.1) is 13.8 Å². The minimum absolute atomic E-state index is 0.0416. The van der Waals surface area contributed by atoms with Gasteiger partial charge in [-0.3, -0.25) is 0 Å². The molecule has 0 radical (unpaired) electrons. The van der Waals surface area contributed by atoms with E-state index >= 15 is 0 Å². The molecule has 0 amide bonds. The average Bonchev–Trinajstić information content (AvgIpc) is 2.52. The molecular weight excluding hydrogens is 338 g/mol. The molecule has 2 aromatic rings. The van der Waals surface area contributed by atoms with Crippen LogP contribution < -0.4 is 21.1 Å². The lowest BCUT2D eigenvalue weighted by Crippen LogP contribution is -2.60. The number of benzene rings is 1. The van der Waals surface area contributed by atoms with E-state index in [-0.39, 0.29) is 17.1 Å². The first kappa shape index (κ1) is 19.4. The fourth-order valence-electron chi connectivity index (χ4n) is 4.08. The van der Waals surface area contributed by atoms with Crippen molar-refractivity contribution in [2.24, 2.45) is 0 Å². The van der Waals surface area contributed by atoms with Gasteiger partial charge in [0.2, 0.25) is 5.88 Å². The van der Waals surface area contributed by atoms with Gasteiger partial charge in [-0.2, -0.15) is 4.98 Å². The van der Waals surface area contributed by atoms with Gasteiger partial charge in [-0.05, 0) is 77.6 Å². The maximum absolute atomic E-state index is 6.32. The van der Waals surface area contributed by atoms with Crippen molar-refractivity contribution in [1.82, 2.24) is 15.3 Å². The largest absolute Gasteiger partial charge is 0.437 e. The van der Waals surface area contributed by atoms with Gasteiger partial charge in [-0.1, -0.05) is 6.07 Å².